The number of terminal acetylenes is 1. The molecule has 0 bridgehead atoms. The van der Waals surface area contributed by atoms with Gasteiger partial charge in [0.2, 0.25) is 0 Å². The molecule has 21 heavy (non-hydrogen) atoms. The van der Waals surface area contributed by atoms with E-state index in [4.69, 9.17) is 22.4 Å². The summed E-state index contributed by atoms with van der Waals surface area (Å²) >= 11 is 0. The van der Waals surface area contributed by atoms with E-state index in [1.54, 1.807) is 24.3 Å². The summed E-state index contributed by atoms with van der Waals surface area (Å²) in [6.07, 6.45) is 1.96. The zero-order chi connectivity index (χ0) is 15.8. The van der Waals surface area contributed by atoms with Gasteiger partial charge in [0.05, 0.1) is 6.54 Å². The Balaban J connectivity index is 2.83. The number of benzene rings is 1. The molecule has 110 valence electrons. The fourth-order valence-electron chi connectivity index (χ4n) is 1.47. The number of rotatable bonds is 4. The summed E-state index contributed by atoms with van der Waals surface area (Å²) in [4.78, 5) is 25.7. The van der Waals surface area contributed by atoms with Crippen LogP contribution < -0.4 is 11.1 Å². The molecular formula is C13H14N4O4. The molecule has 0 fully saturated rings. The van der Waals surface area contributed by atoms with E-state index in [0.29, 0.717) is 11.3 Å². The molecule has 0 aliphatic heterocycles. The molecule has 1 aromatic carbocycles. The van der Waals surface area contributed by atoms with Crippen molar-refractivity contribution in [2.24, 2.45) is 10.7 Å². The number of hydrogen-bond donors (Lipinski definition) is 4. The molecule has 0 saturated heterocycles. The molecule has 0 radical (unpaired) electrons. The molecule has 1 aromatic rings. The number of aliphatic imine (C=N–C) groups is 1. The molecule has 8 nitrogen and oxygen atoms in total. The van der Waals surface area contributed by atoms with Crippen LogP contribution in [0.15, 0.2) is 29.3 Å². The van der Waals surface area contributed by atoms with Crippen LogP contribution in [-0.2, 0) is 6.54 Å². The maximum Gasteiger partial charge on any atom is 0.417 e. The van der Waals surface area contributed by atoms with Crippen LogP contribution in [0.5, 0.6) is 0 Å². The molecule has 0 aliphatic carbocycles. The first-order valence-electron chi connectivity index (χ1n) is 5.76. The summed E-state index contributed by atoms with van der Waals surface area (Å²) in [6.45, 7) is -0.161. The van der Waals surface area contributed by atoms with Crippen molar-refractivity contribution in [1.29, 1.82) is 0 Å². The fourth-order valence-corrected chi connectivity index (χ4v) is 1.47. The standard InChI is InChI=1S/C13H14N4O4/c1-2-6-15-11(14)16-10-5-3-4-9(7-10)8-17(12(18)19)13(20)21/h1,3-5,7H,6,8H2,(H,18,19)(H,20,21)(H3,14,15,16). The number of anilines is 1. The Labute approximate surface area is 120 Å². The fraction of sp³-hybridized carbons (Fsp3) is 0.154. The zero-order valence-corrected chi connectivity index (χ0v) is 11.0. The Kier molecular flexibility index (Phi) is 5.58. The Morgan fingerprint density at radius 1 is 1.38 bits per heavy atom. The van der Waals surface area contributed by atoms with Gasteiger partial charge in [-0.3, -0.25) is 0 Å². The highest BCUT2D eigenvalue weighted by atomic mass is 16.4. The van der Waals surface area contributed by atoms with Gasteiger partial charge in [-0.2, -0.15) is 0 Å². The van der Waals surface area contributed by atoms with Crippen LogP contribution in [0.1, 0.15) is 5.56 Å². The summed E-state index contributed by atoms with van der Waals surface area (Å²) in [5.41, 5.74) is 6.61. The number of nitrogens with zero attached hydrogens (tertiary/aromatic N) is 2. The number of amides is 2. The van der Waals surface area contributed by atoms with Crippen molar-refractivity contribution >= 4 is 23.8 Å². The number of carboxylic acid groups (broad SMARTS) is 2. The van der Waals surface area contributed by atoms with Crippen LogP contribution in [0.2, 0.25) is 0 Å². The Morgan fingerprint density at radius 2 is 2.05 bits per heavy atom. The minimum Gasteiger partial charge on any atom is -0.465 e. The molecule has 0 spiro atoms. The maximum absolute atomic E-state index is 10.8. The molecule has 0 atom stereocenters. The van der Waals surface area contributed by atoms with E-state index >= 15 is 0 Å². The molecule has 5 N–H and O–H groups in total. The van der Waals surface area contributed by atoms with Crippen molar-refractivity contribution in [3.63, 3.8) is 0 Å². The molecular weight excluding hydrogens is 276 g/mol. The smallest absolute Gasteiger partial charge is 0.417 e. The first-order valence-corrected chi connectivity index (χ1v) is 5.76. The average molecular weight is 290 g/mol. The molecule has 0 aliphatic rings. The summed E-state index contributed by atoms with van der Waals surface area (Å²) in [5.74, 6) is 2.41. The van der Waals surface area contributed by atoms with Gasteiger partial charge in [0.25, 0.3) is 0 Å². The van der Waals surface area contributed by atoms with Crippen LogP contribution in [-0.4, -0.2) is 39.8 Å². The molecule has 1 rings (SSSR count). The highest BCUT2D eigenvalue weighted by Crippen LogP contribution is 2.13. The SMILES string of the molecule is C#CCN=C(N)Nc1cccc(CN(C(=O)O)C(=O)O)c1. The third-order valence-electron chi connectivity index (χ3n) is 2.34. The van der Waals surface area contributed by atoms with Crippen molar-refractivity contribution in [3.8, 4) is 12.3 Å². The lowest BCUT2D eigenvalue weighted by Crippen LogP contribution is -2.33. The van der Waals surface area contributed by atoms with Gasteiger partial charge >= 0.3 is 12.2 Å². The first-order chi connectivity index (χ1) is 9.93. The summed E-state index contributed by atoms with van der Waals surface area (Å²) in [6, 6.07) is 6.47. The molecule has 0 unspecified atom stereocenters. The predicted molar refractivity (Wildman–Crippen MR) is 77.0 cm³/mol. The van der Waals surface area contributed by atoms with E-state index in [0.717, 1.165) is 0 Å². The lowest BCUT2D eigenvalue weighted by molar-refractivity contribution is 0.120. The quantitative estimate of drug-likeness (QED) is 0.375. The normalized spacial score (nSPS) is 10.5. The monoisotopic (exact) mass is 290 g/mol. The van der Waals surface area contributed by atoms with Crippen molar-refractivity contribution in [2.75, 3.05) is 11.9 Å². The van der Waals surface area contributed by atoms with Gasteiger partial charge in [-0.15, -0.1) is 6.42 Å². The topological polar surface area (TPSA) is 128 Å². The minimum absolute atomic E-state index is 0.110. The maximum atomic E-state index is 10.8. The summed E-state index contributed by atoms with van der Waals surface area (Å²) < 4.78 is 0. The number of carbonyl (C=O) groups is 2. The lowest BCUT2D eigenvalue weighted by atomic mass is 10.2. The third kappa shape index (κ3) is 5.12. The van der Waals surface area contributed by atoms with Gasteiger partial charge in [-0.05, 0) is 17.7 Å². The number of hydrogen-bond acceptors (Lipinski definition) is 3. The molecule has 2 amide bonds. The molecule has 8 heteroatoms. The van der Waals surface area contributed by atoms with Gasteiger partial charge in [-0.1, -0.05) is 18.1 Å². The van der Waals surface area contributed by atoms with Crippen molar-refractivity contribution in [2.45, 2.75) is 6.54 Å². The number of guanidine groups is 1. The lowest BCUT2D eigenvalue weighted by Gasteiger charge is -2.14. The van der Waals surface area contributed by atoms with Crippen molar-refractivity contribution < 1.29 is 19.8 Å². The van der Waals surface area contributed by atoms with Crippen LogP contribution in [0.4, 0.5) is 15.3 Å². The van der Waals surface area contributed by atoms with E-state index in [-0.39, 0.29) is 23.9 Å². The van der Waals surface area contributed by atoms with Crippen LogP contribution in [0.3, 0.4) is 0 Å². The van der Waals surface area contributed by atoms with E-state index in [1.165, 1.54) is 0 Å². The molecule has 0 heterocycles. The largest absolute Gasteiger partial charge is 0.465 e. The van der Waals surface area contributed by atoms with E-state index in [2.05, 4.69) is 16.2 Å². The first kappa shape index (κ1) is 15.8. The Morgan fingerprint density at radius 3 is 2.62 bits per heavy atom. The second-order valence-electron chi connectivity index (χ2n) is 3.88. The second kappa shape index (κ2) is 7.40. The second-order valence-corrected chi connectivity index (χ2v) is 3.88. The van der Waals surface area contributed by atoms with Crippen LogP contribution in [0.25, 0.3) is 0 Å². The van der Waals surface area contributed by atoms with Gasteiger partial charge in [0, 0.05) is 5.69 Å². The van der Waals surface area contributed by atoms with Crippen LogP contribution >= 0.6 is 0 Å². The van der Waals surface area contributed by atoms with Gasteiger partial charge < -0.3 is 21.3 Å². The van der Waals surface area contributed by atoms with E-state index < -0.39 is 12.2 Å². The van der Waals surface area contributed by atoms with Gasteiger partial charge in [0.15, 0.2) is 5.96 Å². The Bertz CT molecular complexity index is 592. The predicted octanol–water partition coefficient (Wildman–Crippen LogP) is 1.20. The van der Waals surface area contributed by atoms with Gasteiger partial charge in [-0.25, -0.2) is 19.5 Å². The summed E-state index contributed by atoms with van der Waals surface area (Å²) in [5, 5.41) is 20.3. The highest BCUT2D eigenvalue weighted by Gasteiger charge is 2.19. The average Bonchev–Trinajstić information content (AvgIpc) is 2.42. The van der Waals surface area contributed by atoms with E-state index in [9.17, 15) is 9.59 Å². The van der Waals surface area contributed by atoms with Crippen molar-refractivity contribution in [1.82, 2.24) is 4.90 Å². The van der Waals surface area contributed by atoms with Gasteiger partial charge in [0.1, 0.15) is 6.54 Å². The van der Waals surface area contributed by atoms with E-state index in [1.807, 2.05) is 0 Å². The number of nitrogens with two attached hydrogens (primary N) is 1. The zero-order valence-electron chi connectivity index (χ0n) is 11.0. The minimum atomic E-state index is -1.55. The van der Waals surface area contributed by atoms with Crippen molar-refractivity contribution in [3.05, 3.63) is 29.8 Å². The summed E-state index contributed by atoms with van der Waals surface area (Å²) in [7, 11) is 0. The number of imide groups is 1. The highest BCUT2D eigenvalue weighted by molar-refractivity contribution is 5.92. The third-order valence-corrected chi connectivity index (χ3v) is 2.34. The molecule has 0 aromatic heterocycles. The van der Waals surface area contributed by atoms with Crippen LogP contribution in [0, 0.1) is 12.3 Å². The molecule has 0 saturated carbocycles. The number of nitrogens with one attached hydrogen (secondary N) is 1. The Hall–Kier alpha value is -3.21.